The number of sulfonamides is 1. The Morgan fingerprint density at radius 2 is 1.41 bits per heavy atom. The van der Waals surface area contributed by atoms with Crippen LogP contribution in [0.4, 0.5) is 0 Å². The van der Waals surface area contributed by atoms with Crippen LogP contribution in [0.5, 0.6) is 0 Å². The molecule has 3 saturated heterocycles. The van der Waals surface area contributed by atoms with E-state index in [9.17, 15) is 13.2 Å². The van der Waals surface area contributed by atoms with Crippen LogP contribution in [0.2, 0.25) is 0 Å². The summed E-state index contributed by atoms with van der Waals surface area (Å²) < 4.78 is 28.5. The molecule has 0 atom stereocenters. The van der Waals surface area contributed by atoms with Crippen molar-refractivity contribution < 1.29 is 13.2 Å². The Balaban J connectivity index is 1.05. The first-order valence-corrected chi connectivity index (χ1v) is 16.0. The second kappa shape index (κ2) is 12.0. The van der Waals surface area contributed by atoms with Crippen molar-refractivity contribution in [2.75, 3.05) is 39.3 Å². The van der Waals surface area contributed by atoms with Crippen LogP contribution in [0.25, 0.3) is 0 Å². The number of carbonyl (C=O) groups excluding carboxylic acids is 1. The summed E-state index contributed by atoms with van der Waals surface area (Å²) in [6, 6.07) is 18.0. The molecule has 37 heavy (non-hydrogen) atoms. The lowest BCUT2D eigenvalue weighted by Crippen LogP contribution is -2.51. The van der Waals surface area contributed by atoms with Crippen LogP contribution in [0.15, 0.2) is 64.0 Å². The SMILES string of the molecule is O=C(C1CCN(C2CCN(S(=O)(=O)c3ccc(Br)cc3)CC2)CC1)N1CCC(Cc2ccccc2)CC1. The van der Waals surface area contributed by atoms with E-state index >= 15 is 0 Å². The van der Waals surface area contributed by atoms with E-state index in [-0.39, 0.29) is 5.92 Å². The molecule has 200 valence electrons. The summed E-state index contributed by atoms with van der Waals surface area (Å²) in [5, 5.41) is 0. The van der Waals surface area contributed by atoms with Gasteiger partial charge in [-0.3, -0.25) is 4.79 Å². The van der Waals surface area contributed by atoms with Crippen molar-refractivity contribution in [3.8, 4) is 0 Å². The first kappa shape index (κ1) is 26.9. The van der Waals surface area contributed by atoms with Crippen LogP contribution < -0.4 is 0 Å². The molecule has 0 aliphatic carbocycles. The monoisotopic (exact) mass is 587 g/mol. The van der Waals surface area contributed by atoms with Gasteiger partial charge in [0.15, 0.2) is 0 Å². The van der Waals surface area contributed by atoms with Crippen LogP contribution in [-0.2, 0) is 21.2 Å². The van der Waals surface area contributed by atoms with Crippen LogP contribution in [0.1, 0.15) is 44.1 Å². The fourth-order valence-electron chi connectivity index (χ4n) is 6.28. The van der Waals surface area contributed by atoms with E-state index in [4.69, 9.17) is 0 Å². The van der Waals surface area contributed by atoms with E-state index < -0.39 is 10.0 Å². The summed E-state index contributed by atoms with van der Waals surface area (Å²) in [4.78, 5) is 18.2. The number of hydrogen-bond donors (Lipinski definition) is 0. The predicted octanol–water partition coefficient (Wildman–Crippen LogP) is 4.80. The molecule has 0 saturated carbocycles. The Kier molecular flexibility index (Phi) is 8.69. The maximum Gasteiger partial charge on any atom is 0.243 e. The Morgan fingerprint density at radius 3 is 2.03 bits per heavy atom. The lowest BCUT2D eigenvalue weighted by atomic mass is 9.88. The largest absolute Gasteiger partial charge is 0.342 e. The highest BCUT2D eigenvalue weighted by molar-refractivity contribution is 9.10. The Morgan fingerprint density at radius 1 is 0.784 bits per heavy atom. The Hall–Kier alpha value is -1.74. The highest BCUT2D eigenvalue weighted by atomic mass is 79.9. The first-order chi connectivity index (χ1) is 17.9. The van der Waals surface area contributed by atoms with Crippen molar-refractivity contribution in [2.24, 2.45) is 11.8 Å². The number of nitrogens with zero attached hydrogens (tertiary/aromatic N) is 3. The van der Waals surface area contributed by atoms with E-state index in [2.05, 4.69) is 56.1 Å². The molecule has 3 aliphatic heterocycles. The number of carbonyl (C=O) groups is 1. The third-order valence-electron chi connectivity index (χ3n) is 8.56. The van der Waals surface area contributed by atoms with Gasteiger partial charge in [0.2, 0.25) is 15.9 Å². The smallest absolute Gasteiger partial charge is 0.243 e. The first-order valence-electron chi connectivity index (χ1n) is 13.7. The van der Waals surface area contributed by atoms with Gasteiger partial charge in [-0.05, 0) is 93.8 Å². The van der Waals surface area contributed by atoms with Crippen LogP contribution in [-0.4, -0.2) is 73.7 Å². The molecule has 2 aromatic carbocycles. The quantitative estimate of drug-likeness (QED) is 0.487. The minimum atomic E-state index is -3.44. The van der Waals surface area contributed by atoms with Crippen LogP contribution >= 0.6 is 15.9 Å². The molecular weight excluding hydrogens is 550 g/mol. The molecule has 5 rings (SSSR count). The van der Waals surface area contributed by atoms with Crippen molar-refractivity contribution in [3.05, 3.63) is 64.6 Å². The van der Waals surface area contributed by atoms with Gasteiger partial charge in [-0.1, -0.05) is 46.3 Å². The zero-order chi connectivity index (χ0) is 25.8. The summed E-state index contributed by atoms with van der Waals surface area (Å²) >= 11 is 3.37. The number of rotatable bonds is 6. The zero-order valence-electron chi connectivity index (χ0n) is 21.5. The molecule has 3 heterocycles. The Labute approximate surface area is 230 Å². The summed E-state index contributed by atoms with van der Waals surface area (Å²) in [5.74, 6) is 1.17. The molecule has 0 radical (unpaired) electrons. The number of benzene rings is 2. The van der Waals surface area contributed by atoms with Crippen molar-refractivity contribution in [3.63, 3.8) is 0 Å². The van der Waals surface area contributed by atoms with Gasteiger partial charge in [0.05, 0.1) is 4.90 Å². The van der Waals surface area contributed by atoms with Gasteiger partial charge >= 0.3 is 0 Å². The van der Waals surface area contributed by atoms with E-state index in [0.29, 0.717) is 35.9 Å². The van der Waals surface area contributed by atoms with Gasteiger partial charge in [-0.15, -0.1) is 0 Å². The lowest BCUT2D eigenvalue weighted by molar-refractivity contribution is -0.138. The molecule has 8 heteroatoms. The molecular formula is C29H38BrN3O3S. The summed E-state index contributed by atoms with van der Waals surface area (Å²) in [7, 11) is -3.44. The van der Waals surface area contributed by atoms with Crippen molar-refractivity contribution >= 4 is 31.9 Å². The highest BCUT2D eigenvalue weighted by Gasteiger charge is 2.35. The van der Waals surface area contributed by atoms with Gasteiger partial charge in [-0.25, -0.2) is 8.42 Å². The number of piperidine rings is 3. The minimum Gasteiger partial charge on any atom is -0.342 e. The van der Waals surface area contributed by atoms with E-state index in [1.54, 1.807) is 28.6 Å². The molecule has 0 bridgehead atoms. The number of likely N-dealkylation sites (tertiary alicyclic amines) is 2. The summed E-state index contributed by atoms with van der Waals surface area (Å²) in [5.41, 5.74) is 1.40. The van der Waals surface area contributed by atoms with Gasteiger partial charge in [0, 0.05) is 42.6 Å². The third-order valence-corrected chi connectivity index (χ3v) is 11.0. The minimum absolute atomic E-state index is 0.139. The highest BCUT2D eigenvalue weighted by Crippen LogP contribution is 2.29. The normalized spacial score (nSPS) is 21.8. The number of halogens is 1. The van der Waals surface area contributed by atoms with E-state index in [1.807, 2.05) is 0 Å². The molecule has 0 aromatic heterocycles. The maximum absolute atomic E-state index is 13.2. The van der Waals surface area contributed by atoms with E-state index in [1.165, 1.54) is 5.56 Å². The van der Waals surface area contributed by atoms with Gasteiger partial charge in [0.25, 0.3) is 0 Å². The average Bonchev–Trinajstić information content (AvgIpc) is 2.94. The third kappa shape index (κ3) is 6.47. The fraction of sp³-hybridized carbons (Fsp3) is 0.552. The molecule has 2 aromatic rings. The Bertz CT molecular complexity index is 1130. The second-order valence-corrected chi connectivity index (χ2v) is 13.7. The summed E-state index contributed by atoms with van der Waals surface area (Å²) in [6.07, 6.45) is 6.85. The van der Waals surface area contributed by atoms with Crippen molar-refractivity contribution in [1.29, 1.82) is 0 Å². The molecule has 1 amide bonds. The zero-order valence-corrected chi connectivity index (χ0v) is 23.9. The second-order valence-electron chi connectivity index (χ2n) is 10.9. The van der Waals surface area contributed by atoms with Crippen LogP contribution in [0, 0.1) is 11.8 Å². The predicted molar refractivity (Wildman–Crippen MR) is 150 cm³/mol. The topological polar surface area (TPSA) is 60.9 Å². The molecule has 0 unspecified atom stereocenters. The lowest BCUT2D eigenvalue weighted by Gasteiger charge is -2.42. The van der Waals surface area contributed by atoms with Crippen molar-refractivity contribution in [1.82, 2.24) is 14.1 Å². The standard InChI is InChI=1S/C29H38BrN3O3S/c30-26-6-8-28(9-7-26)37(35,36)33-20-14-27(15-21-33)31-18-12-25(13-19-31)29(34)32-16-10-24(11-17-32)22-23-4-2-1-3-5-23/h1-9,24-25,27H,10-22H2. The number of hydrogen-bond acceptors (Lipinski definition) is 4. The fourth-order valence-corrected chi connectivity index (χ4v) is 8.01. The summed E-state index contributed by atoms with van der Waals surface area (Å²) in [6.45, 7) is 4.76. The van der Waals surface area contributed by atoms with E-state index in [0.717, 1.165) is 75.6 Å². The number of amides is 1. The van der Waals surface area contributed by atoms with Crippen LogP contribution in [0.3, 0.4) is 0 Å². The maximum atomic E-state index is 13.2. The molecule has 0 spiro atoms. The molecule has 6 nitrogen and oxygen atoms in total. The van der Waals surface area contributed by atoms with Gasteiger partial charge in [0.1, 0.15) is 0 Å². The molecule has 3 fully saturated rings. The van der Waals surface area contributed by atoms with Gasteiger partial charge in [-0.2, -0.15) is 4.31 Å². The molecule has 3 aliphatic rings. The van der Waals surface area contributed by atoms with Crippen molar-refractivity contribution in [2.45, 2.75) is 55.9 Å². The van der Waals surface area contributed by atoms with Gasteiger partial charge < -0.3 is 9.80 Å². The average molecular weight is 589 g/mol. The molecule has 0 N–H and O–H groups in total.